The van der Waals surface area contributed by atoms with Crippen molar-refractivity contribution in [2.75, 3.05) is 0 Å². The second-order valence-corrected chi connectivity index (χ2v) is 3.87. The number of hydrogen-bond donors (Lipinski definition) is 0. The van der Waals surface area contributed by atoms with Gasteiger partial charge in [-0.05, 0) is 24.3 Å². The number of benzene rings is 1. The highest BCUT2D eigenvalue weighted by Crippen LogP contribution is 2.21. The Labute approximate surface area is 96.4 Å². The Hall–Kier alpha value is -1.25. The van der Waals surface area contributed by atoms with Crippen molar-refractivity contribution in [3.8, 4) is 0 Å². The van der Waals surface area contributed by atoms with Gasteiger partial charge in [0.05, 0.1) is 11.8 Å². The summed E-state index contributed by atoms with van der Waals surface area (Å²) in [4.78, 5) is 11.8. The number of carbonyl (C=O) groups is 1. The van der Waals surface area contributed by atoms with Gasteiger partial charge in [0.15, 0.2) is 5.78 Å². The molecule has 0 bridgehead atoms. The molecule has 0 atom stereocenters. The van der Waals surface area contributed by atoms with Crippen LogP contribution in [0.25, 0.3) is 0 Å². The first-order valence-electron chi connectivity index (χ1n) is 4.20. The summed E-state index contributed by atoms with van der Waals surface area (Å²) in [6.45, 7) is 0. The van der Waals surface area contributed by atoms with Gasteiger partial charge in [0.1, 0.15) is 6.26 Å². The van der Waals surface area contributed by atoms with E-state index in [1.165, 1.54) is 12.5 Å². The van der Waals surface area contributed by atoms with Crippen molar-refractivity contribution in [2.45, 2.75) is 0 Å². The van der Waals surface area contributed by atoms with Crippen LogP contribution < -0.4 is 0 Å². The summed E-state index contributed by atoms with van der Waals surface area (Å²) in [7, 11) is 0. The number of ketones is 1. The first-order chi connectivity index (χ1) is 7.16. The third kappa shape index (κ3) is 2.22. The molecule has 0 unspecified atom stereocenters. The van der Waals surface area contributed by atoms with Gasteiger partial charge in [0.2, 0.25) is 0 Å². The summed E-state index contributed by atoms with van der Waals surface area (Å²) in [6, 6.07) is 6.32. The predicted molar refractivity (Wildman–Crippen MR) is 58.6 cm³/mol. The minimum absolute atomic E-state index is 0.159. The van der Waals surface area contributed by atoms with E-state index < -0.39 is 0 Å². The molecule has 15 heavy (non-hydrogen) atoms. The fourth-order valence-corrected chi connectivity index (χ4v) is 1.77. The molecule has 2 rings (SSSR count). The zero-order valence-corrected chi connectivity index (χ0v) is 9.05. The summed E-state index contributed by atoms with van der Waals surface area (Å²) < 4.78 is 4.83. The van der Waals surface area contributed by atoms with E-state index in [-0.39, 0.29) is 5.78 Å². The van der Waals surface area contributed by atoms with E-state index >= 15 is 0 Å². The lowest BCUT2D eigenvalue weighted by molar-refractivity contribution is 0.103. The summed E-state index contributed by atoms with van der Waals surface area (Å²) >= 11 is 11.6. The van der Waals surface area contributed by atoms with Gasteiger partial charge in [0.25, 0.3) is 0 Å². The van der Waals surface area contributed by atoms with Crippen molar-refractivity contribution in [3.05, 3.63) is 58.0 Å². The molecule has 0 amide bonds. The van der Waals surface area contributed by atoms with Crippen LogP contribution in [0.2, 0.25) is 10.0 Å². The van der Waals surface area contributed by atoms with Crippen molar-refractivity contribution < 1.29 is 9.21 Å². The molecule has 4 heteroatoms. The molecule has 0 saturated heterocycles. The topological polar surface area (TPSA) is 30.2 Å². The lowest BCUT2D eigenvalue weighted by atomic mass is 10.1. The smallest absolute Gasteiger partial charge is 0.196 e. The number of hydrogen-bond acceptors (Lipinski definition) is 2. The van der Waals surface area contributed by atoms with Gasteiger partial charge >= 0.3 is 0 Å². The van der Waals surface area contributed by atoms with E-state index in [4.69, 9.17) is 27.6 Å². The van der Waals surface area contributed by atoms with E-state index in [2.05, 4.69) is 0 Å². The molecule has 0 aliphatic heterocycles. The number of halogens is 2. The van der Waals surface area contributed by atoms with E-state index in [1.807, 2.05) is 0 Å². The fraction of sp³-hybridized carbons (Fsp3) is 0. The van der Waals surface area contributed by atoms with E-state index in [1.54, 1.807) is 24.3 Å². The molecule has 1 aromatic carbocycles. The third-order valence-corrected chi connectivity index (χ3v) is 2.34. The van der Waals surface area contributed by atoms with Crippen LogP contribution in [-0.4, -0.2) is 5.78 Å². The number of rotatable bonds is 2. The highest BCUT2D eigenvalue weighted by molar-refractivity contribution is 6.35. The zero-order chi connectivity index (χ0) is 10.8. The number of furan rings is 1. The van der Waals surface area contributed by atoms with Gasteiger partial charge in [-0.15, -0.1) is 0 Å². The second kappa shape index (κ2) is 4.09. The predicted octanol–water partition coefficient (Wildman–Crippen LogP) is 3.82. The van der Waals surface area contributed by atoms with E-state index in [9.17, 15) is 4.79 Å². The Morgan fingerprint density at radius 2 is 1.73 bits per heavy atom. The molecule has 0 spiro atoms. The lowest BCUT2D eigenvalue weighted by Crippen LogP contribution is -1.99. The Morgan fingerprint density at radius 3 is 2.27 bits per heavy atom. The molecule has 0 saturated carbocycles. The van der Waals surface area contributed by atoms with Crippen LogP contribution in [0, 0.1) is 0 Å². The lowest BCUT2D eigenvalue weighted by Gasteiger charge is -1.99. The average molecular weight is 241 g/mol. The van der Waals surface area contributed by atoms with Crippen LogP contribution in [-0.2, 0) is 0 Å². The monoisotopic (exact) mass is 240 g/mol. The van der Waals surface area contributed by atoms with Crippen LogP contribution in [0.1, 0.15) is 15.9 Å². The third-order valence-electron chi connectivity index (χ3n) is 1.91. The fourth-order valence-electron chi connectivity index (χ4n) is 1.25. The summed E-state index contributed by atoms with van der Waals surface area (Å²) in [5, 5.41) is 0.878. The SMILES string of the molecule is O=C(c1ccoc1)c1cc(Cl)cc(Cl)c1. The van der Waals surface area contributed by atoms with Crippen LogP contribution in [0.3, 0.4) is 0 Å². The number of carbonyl (C=O) groups excluding carboxylic acids is 1. The quantitative estimate of drug-likeness (QED) is 0.748. The van der Waals surface area contributed by atoms with Crippen molar-refractivity contribution in [1.29, 1.82) is 0 Å². The molecule has 2 nitrogen and oxygen atoms in total. The largest absolute Gasteiger partial charge is 0.472 e. The van der Waals surface area contributed by atoms with Gasteiger partial charge < -0.3 is 4.42 Å². The van der Waals surface area contributed by atoms with Crippen molar-refractivity contribution in [3.63, 3.8) is 0 Å². The molecule has 1 heterocycles. The van der Waals surface area contributed by atoms with E-state index in [0.29, 0.717) is 21.2 Å². The molecule has 0 radical (unpaired) electrons. The minimum Gasteiger partial charge on any atom is -0.472 e. The Bertz CT molecular complexity index is 469. The molecule has 76 valence electrons. The van der Waals surface area contributed by atoms with Crippen molar-refractivity contribution >= 4 is 29.0 Å². The molecule has 2 aromatic rings. The Kier molecular flexibility index (Phi) is 2.80. The average Bonchev–Trinajstić information content (AvgIpc) is 2.67. The second-order valence-electron chi connectivity index (χ2n) is 3.00. The molecule has 0 fully saturated rings. The molecule has 0 aliphatic rings. The maximum Gasteiger partial charge on any atom is 0.196 e. The Morgan fingerprint density at radius 1 is 1.07 bits per heavy atom. The molecular formula is C11H6Cl2O2. The zero-order valence-electron chi connectivity index (χ0n) is 7.54. The highest BCUT2D eigenvalue weighted by Gasteiger charge is 2.11. The van der Waals surface area contributed by atoms with Gasteiger partial charge in [-0.2, -0.15) is 0 Å². The standard InChI is InChI=1S/C11H6Cl2O2/c12-9-3-8(4-10(13)5-9)11(14)7-1-2-15-6-7/h1-6H. The summed E-state index contributed by atoms with van der Waals surface area (Å²) in [6.07, 6.45) is 2.83. The first-order valence-corrected chi connectivity index (χ1v) is 4.95. The van der Waals surface area contributed by atoms with Crippen LogP contribution in [0.4, 0.5) is 0 Å². The molecule has 0 aliphatic carbocycles. The van der Waals surface area contributed by atoms with Crippen LogP contribution in [0.15, 0.2) is 41.2 Å². The van der Waals surface area contributed by atoms with Gasteiger partial charge in [-0.3, -0.25) is 4.79 Å². The highest BCUT2D eigenvalue weighted by atomic mass is 35.5. The van der Waals surface area contributed by atoms with Gasteiger partial charge in [-0.1, -0.05) is 23.2 Å². The first kappa shape index (κ1) is 10.3. The van der Waals surface area contributed by atoms with Gasteiger partial charge in [-0.25, -0.2) is 0 Å². The van der Waals surface area contributed by atoms with Gasteiger partial charge in [0, 0.05) is 15.6 Å². The minimum atomic E-state index is -0.159. The normalized spacial score (nSPS) is 10.3. The van der Waals surface area contributed by atoms with Crippen molar-refractivity contribution in [2.24, 2.45) is 0 Å². The maximum atomic E-state index is 11.8. The van der Waals surface area contributed by atoms with Crippen LogP contribution >= 0.6 is 23.2 Å². The molecular weight excluding hydrogens is 235 g/mol. The Balaban J connectivity index is 2.42. The van der Waals surface area contributed by atoms with E-state index in [0.717, 1.165) is 0 Å². The molecule has 0 N–H and O–H groups in total. The van der Waals surface area contributed by atoms with Crippen LogP contribution in [0.5, 0.6) is 0 Å². The summed E-state index contributed by atoms with van der Waals surface area (Å²) in [5.41, 5.74) is 0.933. The molecule has 1 aromatic heterocycles. The maximum absolute atomic E-state index is 11.8. The summed E-state index contributed by atoms with van der Waals surface area (Å²) in [5.74, 6) is -0.159. The van der Waals surface area contributed by atoms with Crippen molar-refractivity contribution in [1.82, 2.24) is 0 Å².